The van der Waals surface area contributed by atoms with Crippen molar-refractivity contribution in [3.63, 3.8) is 0 Å². The third-order valence-electron chi connectivity index (χ3n) is 2.14. The Kier molecular flexibility index (Phi) is 4.78. The van der Waals surface area contributed by atoms with Crippen LogP contribution in [0.4, 0.5) is 5.69 Å². The molecule has 3 nitrogen and oxygen atoms in total. The van der Waals surface area contributed by atoms with Gasteiger partial charge in [0.15, 0.2) is 0 Å². The van der Waals surface area contributed by atoms with Crippen LogP contribution in [0.5, 0.6) is 0 Å². The quantitative estimate of drug-likeness (QED) is 0.875. The molecule has 1 N–H and O–H groups in total. The van der Waals surface area contributed by atoms with Gasteiger partial charge in [-0.3, -0.25) is 4.79 Å². The van der Waals surface area contributed by atoms with Crippen molar-refractivity contribution in [3.05, 3.63) is 53.1 Å². The number of carbonyl (C=O) groups is 1. The fourth-order valence-corrected chi connectivity index (χ4v) is 2.37. The number of anilines is 1. The van der Waals surface area contributed by atoms with Gasteiger partial charge < -0.3 is 5.32 Å². The largest absolute Gasteiger partial charge is 0.324 e. The first-order chi connectivity index (χ1) is 8.75. The maximum Gasteiger partial charge on any atom is 0.234 e. The average molecular weight is 323 g/mol. The Morgan fingerprint density at radius 2 is 2.00 bits per heavy atom. The lowest BCUT2D eigenvalue weighted by atomic mass is 10.3. The highest BCUT2D eigenvalue weighted by atomic mass is 79.9. The zero-order chi connectivity index (χ0) is 12.8. The first-order valence-corrected chi connectivity index (χ1v) is 7.12. The lowest BCUT2D eigenvalue weighted by Gasteiger charge is -2.06. The summed E-state index contributed by atoms with van der Waals surface area (Å²) in [6.07, 6.45) is 1.72. The number of nitrogens with zero attached hydrogens (tertiary/aromatic N) is 1. The molecule has 2 aromatic rings. The highest BCUT2D eigenvalue weighted by Crippen LogP contribution is 2.22. The predicted molar refractivity (Wildman–Crippen MR) is 77.7 cm³/mol. The molecule has 0 saturated carbocycles. The van der Waals surface area contributed by atoms with E-state index in [0.29, 0.717) is 5.75 Å². The molecule has 5 heteroatoms. The van der Waals surface area contributed by atoms with Gasteiger partial charge in [0, 0.05) is 10.7 Å². The summed E-state index contributed by atoms with van der Waals surface area (Å²) in [5.74, 6) is 0.302. The lowest BCUT2D eigenvalue weighted by molar-refractivity contribution is -0.113. The monoisotopic (exact) mass is 322 g/mol. The maximum absolute atomic E-state index is 11.8. The summed E-state index contributed by atoms with van der Waals surface area (Å²) in [7, 11) is 0. The zero-order valence-electron chi connectivity index (χ0n) is 9.47. The number of hydrogen-bond donors (Lipinski definition) is 1. The van der Waals surface area contributed by atoms with E-state index >= 15 is 0 Å². The standard InChI is InChI=1S/C13H11BrN2OS/c14-10-5-1-2-6-11(10)16-12(17)9-18-13-7-3-4-8-15-13/h1-8H,9H2,(H,16,17). The number of aromatic nitrogens is 1. The van der Waals surface area contributed by atoms with Crippen molar-refractivity contribution in [1.29, 1.82) is 0 Å². The SMILES string of the molecule is O=C(CSc1ccccn1)Nc1ccccc1Br. The molecular formula is C13H11BrN2OS. The van der Waals surface area contributed by atoms with Crippen LogP contribution in [-0.2, 0) is 4.79 Å². The minimum Gasteiger partial charge on any atom is -0.324 e. The summed E-state index contributed by atoms with van der Waals surface area (Å²) in [5.41, 5.74) is 0.782. The van der Waals surface area contributed by atoms with Crippen molar-refractivity contribution in [1.82, 2.24) is 4.98 Å². The van der Waals surface area contributed by atoms with E-state index < -0.39 is 0 Å². The van der Waals surface area contributed by atoms with E-state index in [1.165, 1.54) is 11.8 Å². The van der Waals surface area contributed by atoms with Gasteiger partial charge in [-0.25, -0.2) is 4.98 Å². The molecule has 0 fully saturated rings. The van der Waals surface area contributed by atoms with E-state index in [9.17, 15) is 4.79 Å². The van der Waals surface area contributed by atoms with Crippen LogP contribution < -0.4 is 5.32 Å². The molecule has 1 aromatic heterocycles. The Hall–Kier alpha value is -1.33. The van der Waals surface area contributed by atoms with E-state index in [1.807, 2.05) is 42.5 Å². The molecule has 1 aromatic carbocycles. The van der Waals surface area contributed by atoms with Gasteiger partial charge in [-0.1, -0.05) is 30.0 Å². The molecule has 0 radical (unpaired) electrons. The number of hydrogen-bond acceptors (Lipinski definition) is 3. The molecular weight excluding hydrogens is 312 g/mol. The van der Waals surface area contributed by atoms with Crippen LogP contribution in [0, 0.1) is 0 Å². The number of halogens is 1. The molecule has 0 bridgehead atoms. The summed E-state index contributed by atoms with van der Waals surface area (Å²) >= 11 is 4.80. The molecule has 0 aliphatic rings. The Morgan fingerprint density at radius 3 is 2.72 bits per heavy atom. The van der Waals surface area contributed by atoms with Gasteiger partial charge in [-0.05, 0) is 40.2 Å². The second kappa shape index (κ2) is 6.56. The van der Waals surface area contributed by atoms with E-state index in [2.05, 4.69) is 26.2 Å². The Morgan fingerprint density at radius 1 is 1.22 bits per heavy atom. The van der Waals surface area contributed by atoms with Crippen LogP contribution in [0.15, 0.2) is 58.2 Å². The predicted octanol–water partition coefficient (Wildman–Crippen LogP) is 3.57. The number of amides is 1. The van der Waals surface area contributed by atoms with Crippen LogP contribution in [0.25, 0.3) is 0 Å². The number of rotatable bonds is 4. The minimum absolute atomic E-state index is 0.0439. The van der Waals surface area contributed by atoms with Crippen LogP contribution in [-0.4, -0.2) is 16.6 Å². The molecule has 0 aliphatic heterocycles. The van der Waals surface area contributed by atoms with E-state index in [4.69, 9.17) is 0 Å². The lowest BCUT2D eigenvalue weighted by Crippen LogP contribution is -2.14. The summed E-state index contributed by atoms with van der Waals surface area (Å²) in [6.45, 7) is 0. The van der Waals surface area contributed by atoms with Crippen LogP contribution in [0.1, 0.15) is 0 Å². The van der Waals surface area contributed by atoms with Crippen LogP contribution in [0.2, 0.25) is 0 Å². The van der Waals surface area contributed by atoms with E-state index in [1.54, 1.807) is 6.20 Å². The van der Waals surface area contributed by atoms with Gasteiger partial charge in [0.05, 0.1) is 16.5 Å². The average Bonchev–Trinajstić information content (AvgIpc) is 2.40. The fraction of sp³-hybridized carbons (Fsp3) is 0.0769. The van der Waals surface area contributed by atoms with Crippen LogP contribution in [0.3, 0.4) is 0 Å². The highest BCUT2D eigenvalue weighted by molar-refractivity contribution is 9.10. The smallest absolute Gasteiger partial charge is 0.234 e. The van der Waals surface area contributed by atoms with Gasteiger partial charge in [0.1, 0.15) is 0 Å². The summed E-state index contributed by atoms with van der Waals surface area (Å²) in [5, 5.41) is 3.69. The molecule has 1 heterocycles. The first-order valence-electron chi connectivity index (χ1n) is 5.34. The van der Waals surface area contributed by atoms with Crippen molar-refractivity contribution in [2.24, 2.45) is 0 Å². The van der Waals surface area contributed by atoms with Gasteiger partial charge in [0.25, 0.3) is 0 Å². The number of pyridine rings is 1. The van der Waals surface area contributed by atoms with Crippen LogP contribution >= 0.6 is 27.7 Å². The molecule has 18 heavy (non-hydrogen) atoms. The molecule has 0 saturated heterocycles. The number of nitrogens with one attached hydrogen (secondary N) is 1. The second-order valence-electron chi connectivity index (χ2n) is 3.48. The second-order valence-corrected chi connectivity index (χ2v) is 5.33. The topological polar surface area (TPSA) is 42.0 Å². The maximum atomic E-state index is 11.8. The minimum atomic E-state index is -0.0439. The van der Waals surface area contributed by atoms with Crippen molar-refractivity contribution in [2.45, 2.75) is 5.03 Å². The Labute approximate surface area is 118 Å². The Balaban J connectivity index is 1.88. The van der Waals surface area contributed by atoms with Gasteiger partial charge in [-0.15, -0.1) is 0 Å². The number of para-hydroxylation sites is 1. The molecule has 0 atom stereocenters. The molecule has 0 aliphatic carbocycles. The van der Waals surface area contributed by atoms with Gasteiger partial charge in [0.2, 0.25) is 5.91 Å². The van der Waals surface area contributed by atoms with E-state index in [0.717, 1.165) is 15.2 Å². The number of thioether (sulfide) groups is 1. The number of benzene rings is 1. The normalized spacial score (nSPS) is 10.1. The first kappa shape index (κ1) is 13.1. The van der Waals surface area contributed by atoms with Crippen molar-refractivity contribution in [3.8, 4) is 0 Å². The van der Waals surface area contributed by atoms with Gasteiger partial charge in [-0.2, -0.15) is 0 Å². The highest BCUT2D eigenvalue weighted by Gasteiger charge is 2.05. The molecule has 2 rings (SSSR count). The Bertz CT molecular complexity index is 534. The fourth-order valence-electron chi connectivity index (χ4n) is 1.32. The van der Waals surface area contributed by atoms with Crippen molar-refractivity contribution in [2.75, 3.05) is 11.1 Å². The molecule has 0 unspecified atom stereocenters. The third kappa shape index (κ3) is 3.85. The van der Waals surface area contributed by atoms with Crippen molar-refractivity contribution >= 4 is 39.3 Å². The summed E-state index contributed by atoms with van der Waals surface area (Å²) in [4.78, 5) is 15.9. The van der Waals surface area contributed by atoms with Crippen molar-refractivity contribution < 1.29 is 4.79 Å². The van der Waals surface area contributed by atoms with Gasteiger partial charge >= 0.3 is 0 Å². The molecule has 0 spiro atoms. The third-order valence-corrected chi connectivity index (χ3v) is 3.77. The molecule has 92 valence electrons. The number of carbonyl (C=O) groups excluding carboxylic acids is 1. The zero-order valence-corrected chi connectivity index (χ0v) is 11.9. The summed E-state index contributed by atoms with van der Waals surface area (Å²) in [6, 6.07) is 13.2. The van der Waals surface area contributed by atoms with E-state index in [-0.39, 0.29) is 5.91 Å². The summed E-state index contributed by atoms with van der Waals surface area (Å²) < 4.78 is 0.876. The molecule has 1 amide bonds.